The van der Waals surface area contributed by atoms with Crippen LogP contribution in [-0.4, -0.2) is 38.7 Å². The highest BCUT2D eigenvalue weighted by atomic mass is 32.2. The highest BCUT2D eigenvalue weighted by Gasteiger charge is 2.17. The molecule has 25 heavy (non-hydrogen) atoms. The van der Waals surface area contributed by atoms with Gasteiger partial charge >= 0.3 is 5.97 Å². The van der Waals surface area contributed by atoms with E-state index in [1.54, 1.807) is 13.0 Å². The van der Waals surface area contributed by atoms with Crippen molar-refractivity contribution in [1.82, 2.24) is 14.9 Å². The first-order chi connectivity index (χ1) is 11.9. The number of hydrogen-bond acceptors (Lipinski definition) is 8. The van der Waals surface area contributed by atoms with Gasteiger partial charge in [0.2, 0.25) is 15.9 Å². The van der Waals surface area contributed by atoms with Gasteiger partial charge in [-0.3, -0.25) is 0 Å². The molecule has 10 heteroatoms. The maximum absolute atomic E-state index is 12.0. The number of methoxy groups -OCH3 is 1. The van der Waals surface area contributed by atoms with Crippen molar-refractivity contribution in [2.75, 3.05) is 14.2 Å². The standard InChI is InChI=1S/C15H17N3O6S/c1-10-17-18-14(24-10)9-23-15(19)7-5-11-4-6-12(22-3)13(8-11)25(20,21)16-2/h4-8,16H,9H2,1-3H3/b7-5+. The average Bonchev–Trinajstić information content (AvgIpc) is 3.03. The van der Waals surface area contributed by atoms with Gasteiger partial charge in [-0.1, -0.05) is 6.07 Å². The summed E-state index contributed by atoms with van der Waals surface area (Å²) in [6.45, 7) is 1.48. The van der Waals surface area contributed by atoms with E-state index in [9.17, 15) is 13.2 Å². The molecule has 0 aliphatic heterocycles. The molecule has 0 spiro atoms. The Bertz CT molecular complexity index is 888. The smallest absolute Gasteiger partial charge is 0.331 e. The van der Waals surface area contributed by atoms with E-state index in [2.05, 4.69) is 14.9 Å². The molecule has 0 radical (unpaired) electrons. The van der Waals surface area contributed by atoms with E-state index in [1.165, 1.54) is 38.4 Å². The van der Waals surface area contributed by atoms with E-state index >= 15 is 0 Å². The summed E-state index contributed by atoms with van der Waals surface area (Å²) in [5, 5.41) is 7.31. The Morgan fingerprint density at radius 1 is 1.36 bits per heavy atom. The minimum absolute atomic E-state index is 0.0330. The van der Waals surface area contributed by atoms with Crippen LogP contribution in [0.1, 0.15) is 17.3 Å². The van der Waals surface area contributed by atoms with E-state index in [4.69, 9.17) is 13.9 Å². The normalized spacial score (nSPS) is 11.6. The molecule has 0 aliphatic carbocycles. The number of carbonyl (C=O) groups excluding carboxylic acids is 1. The lowest BCUT2D eigenvalue weighted by atomic mass is 10.2. The summed E-state index contributed by atoms with van der Waals surface area (Å²) in [7, 11) is -1.03. The van der Waals surface area contributed by atoms with Crippen LogP contribution in [0.4, 0.5) is 0 Å². The lowest BCUT2D eigenvalue weighted by molar-refractivity contribution is -0.139. The molecule has 0 unspecified atom stereocenters. The number of sulfonamides is 1. The van der Waals surface area contributed by atoms with E-state index in [-0.39, 0.29) is 23.1 Å². The minimum atomic E-state index is -3.70. The van der Waals surface area contributed by atoms with Gasteiger partial charge in [-0.25, -0.2) is 17.9 Å². The number of carbonyl (C=O) groups is 1. The Balaban J connectivity index is 2.09. The van der Waals surface area contributed by atoms with E-state index in [0.29, 0.717) is 11.5 Å². The molecule has 1 aromatic heterocycles. The fraction of sp³-hybridized carbons (Fsp3) is 0.267. The molecule has 1 aromatic carbocycles. The minimum Gasteiger partial charge on any atom is -0.495 e. The van der Waals surface area contributed by atoms with Crippen molar-refractivity contribution in [1.29, 1.82) is 0 Å². The molecule has 2 aromatic rings. The zero-order valence-corrected chi connectivity index (χ0v) is 14.7. The van der Waals surface area contributed by atoms with Crippen LogP contribution in [0.25, 0.3) is 6.08 Å². The highest BCUT2D eigenvalue weighted by molar-refractivity contribution is 7.89. The Labute approximate surface area is 144 Å². The zero-order chi connectivity index (χ0) is 18.4. The highest BCUT2D eigenvalue weighted by Crippen LogP contribution is 2.25. The van der Waals surface area contributed by atoms with E-state index < -0.39 is 16.0 Å². The Morgan fingerprint density at radius 3 is 2.72 bits per heavy atom. The van der Waals surface area contributed by atoms with Crippen LogP contribution in [0, 0.1) is 6.92 Å². The van der Waals surface area contributed by atoms with Gasteiger partial charge in [0, 0.05) is 13.0 Å². The first-order valence-electron chi connectivity index (χ1n) is 7.11. The van der Waals surface area contributed by atoms with Gasteiger partial charge in [0.05, 0.1) is 7.11 Å². The number of ether oxygens (including phenoxy) is 2. The molecule has 0 bridgehead atoms. The van der Waals surface area contributed by atoms with Crippen LogP contribution in [0.15, 0.2) is 33.6 Å². The number of hydrogen-bond donors (Lipinski definition) is 1. The molecule has 0 atom stereocenters. The Morgan fingerprint density at radius 2 is 2.12 bits per heavy atom. The molecular weight excluding hydrogens is 350 g/mol. The second-order valence-electron chi connectivity index (χ2n) is 4.77. The van der Waals surface area contributed by atoms with Crippen LogP contribution >= 0.6 is 0 Å². The molecular formula is C15H17N3O6S. The van der Waals surface area contributed by atoms with Gasteiger partial charge in [0.25, 0.3) is 5.89 Å². The number of nitrogens with zero attached hydrogens (tertiary/aromatic N) is 2. The lowest BCUT2D eigenvalue weighted by Crippen LogP contribution is -2.19. The summed E-state index contributed by atoms with van der Waals surface area (Å²) in [6.07, 6.45) is 2.59. The van der Waals surface area contributed by atoms with Crippen molar-refractivity contribution >= 4 is 22.1 Å². The summed E-state index contributed by atoms with van der Waals surface area (Å²) < 4.78 is 41.3. The Hall–Kier alpha value is -2.72. The Kier molecular flexibility index (Phi) is 5.88. The van der Waals surface area contributed by atoms with Gasteiger partial charge < -0.3 is 13.9 Å². The van der Waals surface area contributed by atoms with Crippen LogP contribution in [0.2, 0.25) is 0 Å². The number of rotatable bonds is 7. The van der Waals surface area contributed by atoms with Crippen LogP contribution < -0.4 is 9.46 Å². The van der Waals surface area contributed by atoms with Crippen molar-refractivity contribution in [2.45, 2.75) is 18.4 Å². The second-order valence-corrected chi connectivity index (χ2v) is 6.63. The maximum Gasteiger partial charge on any atom is 0.331 e. The summed E-state index contributed by atoms with van der Waals surface area (Å²) in [5.74, 6) is 0.120. The molecule has 2 rings (SSSR count). The van der Waals surface area contributed by atoms with Crippen molar-refractivity contribution in [2.24, 2.45) is 0 Å². The maximum atomic E-state index is 12.0. The fourth-order valence-corrected chi connectivity index (χ4v) is 2.79. The molecule has 9 nitrogen and oxygen atoms in total. The molecule has 0 aliphatic rings. The molecule has 134 valence electrons. The largest absolute Gasteiger partial charge is 0.495 e. The zero-order valence-electron chi connectivity index (χ0n) is 13.8. The molecule has 0 saturated carbocycles. The monoisotopic (exact) mass is 367 g/mol. The van der Waals surface area contributed by atoms with Crippen LogP contribution in [0.3, 0.4) is 0 Å². The SMILES string of the molecule is CNS(=O)(=O)c1cc(/C=C/C(=O)OCc2nnc(C)o2)ccc1OC. The van der Waals surface area contributed by atoms with Crippen molar-refractivity contribution in [3.05, 3.63) is 41.6 Å². The summed E-state index contributed by atoms with van der Waals surface area (Å²) in [5.41, 5.74) is 0.486. The van der Waals surface area contributed by atoms with Gasteiger partial charge in [0.1, 0.15) is 10.6 Å². The first kappa shape index (κ1) is 18.6. The van der Waals surface area contributed by atoms with E-state index in [1.807, 2.05) is 0 Å². The predicted octanol–water partition coefficient (Wildman–Crippen LogP) is 1.05. The number of esters is 1. The summed E-state index contributed by atoms with van der Waals surface area (Å²) >= 11 is 0. The third-order valence-electron chi connectivity index (χ3n) is 3.06. The summed E-state index contributed by atoms with van der Waals surface area (Å²) in [4.78, 5) is 11.7. The molecule has 1 heterocycles. The fourth-order valence-electron chi connectivity index (χ4n) is 1.86. The number of benzene rings is 1. The molecule has 1 N–H and O–H groups in total. The van der Waals surface area contributed by atoms with Gasteiger partial charge in [-0.05, 0) is 30.8 Å². The molecule has 0 fully saturated rings. The third kappa shape index (κ3) is 4.88. The van der Waals surface area contributed by atoms with Crippen molar-refractivity contribution < 1.29 is 27.1 Å². The third-order valence-corrected chi connectivity index (χ3v) is 4.50. The van der Waals surface area contributed by atoms with Gasteiger partial charge in [-0.2, -0.15) is 0 Å². The average molecular weight is 367 g/mol. The number of nitrogens with one attached hydrogen (secondary N) is 1. The topological polar surface area (TPSA) is 121 Å². The van der Waals surface area contributed by atoms with Crippen molar-refractivity contribution in [3.63, 3.8) is 0 Å². The van der Waals surface area contributed by atoms with Crippen LogP contribution in [-0.2, 0) is 26.2 Å². The van der Waals surface area contributed by atoms with Gasteiger partial charge in [0.15, 0.2) is 6.61 Å². The van der Waals surface area contributed by atoms with Gasteiger partial charge in [-0.15, -0.1) is 10.2 Å². The second kappa shape index (κ2) is 7.90. The molecule has 0 amide bonds. The molecule has 0 saturated heterocycles. The lowest BCUT2D eigenvalue weighted by Gasteiger charge is -2.09. The number of aromatic nitrogens is 2. The number of aryl methyl sites for hydroxylation is 1. The summed E-state index contributed by atoms with van der Waals surface area (Å²) in [6, 6.07) is 4.49. The first-order valence-corrected chi connectivity index (χ1v) is 8.59. The quantitative estimate of drug-likeness (QED) is 0.569. The predicted molar refractivity (Wildman–Crippen MR) is 87.1 cm³/mol. The van der Waals surface area contributed by atoms with E-state index in [0.717, 1.165) is 0 Å². The van der Waals surface area contributed by atoms with Crippen molar-refractivity contribution in [3.8, 4) is 5.75 Å². The van der Waals surface area contributed by atoms with Crippen LogP contribution in [0.5, 0.6) is 5.75 Å².